The molecule has 1 aliphatic rings. The molecule has 0 saturated carbocycles. The monoisotopic (exact) mass is 534 g/mol. The van der Waals surface area contributed by atoms with Gasteiger partial charge in [0.1, 0.15) is 11.5 Å². The van der Waals surface area contributed by atoms with Gasteiger partial charge in [-0.2, -0.15) is 4.31 Å². The number of sulfonamides is 1. The number of aliphatic hydroxyl groups excluding tert-OH is 1. The number of nitrogens with zero attached hydrogens (tertiary/aromatic N) is 1. The van der Waals surface area contributed by atoms with E-state index in [4.69, 9.17) is 14.2 Å². The van der Waals surface area contributed by atoms with Gasteiger partial charge in [-0.15, -0.1) is 0 Å². The van der Waals surface area contributed by atoms with E-state index in [-0.39, 0.29) is 60.2 Å². The molecule has 0 unspecified atom stereocenters. The number of phenols is 1. The number of carbonyl (C=O) groups is 1. The highest BCUT2D eigenvalue weighted by atomic mass is 32.2. The number of benzene rings is 2. The van der Waals surface area contributed by atoms with E-state index in [1.807, 2.05) is 13.8 Å². The third kappa shape index (κ3) is 7.45. The second kappa shape index (κ2) is 12.9. The third-order valence-corrected chi connectivity index (χ3v) is 7.92. The van der Waals surface area contributed by atoms with Gasteiger partial charge in [-0.25, -0.2) is 8.42 Å². The normalized spacial score (nSPS) is 17.8. The first-order chi connectivity index (χ1) is 17.6. The standard InChI is InChI=1S/C26H34N2O8S/c1-18(2)19-16-24(26(31)27-22-6-4-5-7-23(22)30)36-25(17-19)35-15-13-28(12-14-29)37(32,33)21-10-8-20(34-3)9-11-21/h4-11,16,18-19,25,29-30H,12-15,17H2,1-3H3,(H,27,31)/t19-,25+/m1/s1. The van der Waals surface area contributed by atoms with Crippen molar-refractivity contribution in [2.45, 2.75) is 31.5 Å². The van der Waals surface area contributed by atoms with Crippen LogP contribution in [-0.2, 0) is 24.3 Å². The van der Waals surface area contributed by atoms with Crippen molar-refractivity contribution in [3.05, 3.63) is 60.4 Å². The first-order valence-corrected chi connectivity index (χ1v) is 13.4. The Bertz CT molecular complexity index is 1180. The Morgan fingerprint density at radius 1 is 1.16 bits per heavy atom. The molecule has 0 saturated heterocycles. The van der Waals surface area contributed by atoms with Crippen LogP contribution in [-0.4, -0.2) is 68.5 Å². The molecule has 202 valence electrons. The van der Waals surface area contributed by atoms with Crippen molar-refractivity contribution in [1.82, 2.24) is 4.31 Å². The smallest absolute Gasteiger partial charge is 0.290 e. The van der Waals surface area contributed by atoms with Gasteiger partial charge in [-0.3, -0.25) is 4.79 Å². The lowest BCUT2D eigenvalue weighted by atomic mass is 9.90. The molecule has 11 heteroatoms. The van der Waals surface area contributed by atoms with E-state index in [9.17, 15) is 23.4 Å². The number of hydrogen-bond donors (Lipinski definition) is 3. The first-order valence-electron chi connectivity index (χ1n) is 12.0. The van der Waals surface area contributed by atoms with Crippen molar-refractivity contribution in [3.8, 4) is 11.5 Å². The Kier molecular flexibility index (Phi) is 9.93. The molecule has 1 aliphatic heterocycles. The number of methoxy groups -OCH3 is 1. The Labute approximate surface area is 217 Å². The number of amides is 1. The fourth-order valence-corrected chi connectivity index (χ4v) is 5.23. The highest BCUT2D eigenvalue weighted by Crippen LogP contribution is 2.30. The zero-order valence-electron chi connectivity index (χ0n) is 21.2. The van der Waals surface area contributed by atoms with Crippen LogP contribution in [0.3, 0.4) is 0 Å². The highest BCUT2D eigenvalue weighted by Gasteiger charge is 2.30. The van der Waals surface area contributed by atoms with Crippen molar-refractivity contribution in [2.75, 3.05) is 38.7 Å². The summed E-state index contributed by atoms with van der Waals surface area (Å²) in [5, 5.41) is 22.0. The number of carbonyl (C=O) groups excluding carboxylic acids is 1. The van der Waals surface area contributed by atoms with Crippen molar-refractivity contribution in [1.29, 1.82) is 0 Å². The SMILES string of the molecule is COc1ccc(S(=O)(=O)N(CCO)CCO[C@@H]2C[C@H](C(C)C)C=C(C(=O)Nc3ccccc3O)O2)cc1. The molecule has 2 aromatic carbocycles. The van der Waals surface area contributed by atoms with Gasteiger partial charge < -0.3 is 29.7 Å². The van der Waals surface area contributed by atoms with Gasteiger partial charge in [-0.05, 0) is 54.3 Å². The van der Waals surface area contributed by atoms with Crippen LogP contribution in [0.1, 0.15) is 20.3 Å². The Balaban J connectivity index is 1.66. The highest BCUT2D eigenvalue weighted by molar-refractivity contribution is 7.89. The second-order valence-corrected chi connectivity index (χ2v) is 10.8. The predicted octanol–water partition coefficient (Wildman–Crippen LogP) is 2.94. The van der Waals surface area contributed by atoms with Crippen LogP contribution in [0.5, 0.6) is 11.5 Å². The van der Waals surface area contributed by atoms with Gasteiger partial charge in [0.2, 0.25) is 16.3 Å². The number of anilines is 1. The molecular weight excluding hydrogens is 500 g/mol. The fourth-order valence-electron chi connectivity index (χ4n) is 3.82. The molecular formula is C26H34N2O8S. The summed E-state index contributed by atoms with van der Waals surface area (Å²) < 4.78 is 44.1. The van der Waals surface area contributed by atoms with Gasteiger partial charge in [0, 0.05) is 19.5 Å². The number of nitrogens with one attached hydrogen (secondary N) is 1. The lowest BCUT2D eigenvalue weighted by Crippen LogP contribution is -2.38. The minimum absolute atomic E-state index is 0.0135. The number of allylic oxidation sites excluding steroid dienone is 1. The summed E-state index contributed by atoms with van der Waals surface area (Å²) in [5.74, 6) is 0.188. The second-order valence-electron chi connectivity index (χ2n) is 8.87. The Morgan fingerprint density at radius 2 is 1.86 bits per heavy atom. The number of aliphatic hydroxyl groups is 1. The van der Waals surface area contributed by atoms with Crippen LogP contribution < -0.4 is 10.1 Å². The summed E-state index contributed by atoms with van der Waals surface area (Å²) in [6.07, 6.45) is 1.45. The zero-order valence-corrected chi connectivity index (χ0v) is 22.0. The first kappa shape index (κ1) is 28.5. The molecule has 37 heavy (non-hydrogen) atoms. The summed E-state index contributed by atoms with van der Waals surface area (Å²) in [4.78, 5) is 12.9. The number of para-hydroxylation sites is 2. The molecule has 1 heterocycles. The van der Waals surface area contributed by atoms with E-state index in [1.165, 1.54) is 25.3 Å². The average Bonchev–Trinajstić information content (AvgIpc) is 2.89. The van der Waals surface area contributed by atoms with Gasteiger partial charge in [0.25, 0.3) is 5.91 Å². The molecule has 3 rings (SSSR count). The number of rotatable bonds is 12. The molecule has 0 fully saturated rings. The molecule has 10 nitrogen and oxygen atoms in total. The molecule has 3 N–H and O–H groups in total. The topological polar surface area (TPSA) is 135 Å². The van der Waals surface area contributed by atoms with Gasteiger partial charge in [0.15, 0.2) is 5.76 Å². The maximum atomic E-state index is 13.1. The number of hydrogen-bond acceptors (Lipinski definition) is 8. The van der Waals surface area contributed by atoms with E-state index >= 15 is 0 Å². The predicted molar refractivity (Wildman–Crippen MR) is 137 cm³/mol. The van der Waals surface area contributed by atoms with E-state index in [1.54, 1.807) is 36.4 Å². The quantitative estimate of drug-likeness (QED) is 0.354. The summed E-state index contributed by atoms with van der Waals surface area (Å²) in [6.45, 7) is 3.54. The zero-order chi connectivity index (χ0) is 27.0. The van der Waals surface area contributed by atoms with Crippen molar-refractivity contribution >= 4 is 21.6 Å². The lowest BCUT2D eigenvalue weighted by molar-refractivity contribution is -0.148. The van der Waals surface area contributed by atoms with E-state index in [0.717, 1.165) is 4.31 Å². The van der Waals surface area contributed by atoms with Gasteiger partial charge >= 0.3 is 0 Å². The van der Waals surface area contributed by atoms with Crippen LogP contribution >= 0.6 is 0 Å². The molecule has 0 aromatic heterocycles. The Hall–Kier alpha value is -3.12. The summed E-state index contributed by atoms with van der Waals surface area (Å²) >= 11 is 0. The van der Waals surface area contributed by atoms with E-state index in [2.05, 4.69) is 5.32 Å². The van der Waals surface area contributed by atoms with Crippen LogP contribution in [0.2, 0.25) is 0 Å². The maximum Gasteiger partial charge on any atom is 0.290 e. The molecule has 1 amide bonds. The maximum absolute atomic E-state index is 13.1. The largest absolute Gasteiger partial charge is 0.506 e. The Morgan fingerprint density at radius 3 is 2.49 bits per heavy atom. The number of phenolic OH excluding ortho intramolecular Hbond substituents is 1. The molecule has 2 atom stereocenters. The van der Waals surface area contributed by atoms with Crippen LogP contribution in [0.25, 0.3) is 0 Å². The summed E-state index contributed by atoms with van der Waals surface area (Å²) in [5.41, 5.74) is 0.254. The summed E-state index contributed by atoms with van der Waals surface area (Å²) in [6, 6.07) is 12.4. The van der Waals surface area contributed by atoms with Gasteiger partial charge in [0.05, 0.1) is 30.9 Å². The minimum atomic E-state index is -3.88. The number of aromatic hydroxyl groups is 1. The van der Waals surface area contributed by atoms with E-state index < -0.39 is 22.2 Å². The molecule has 0 bridgehead atoms. The molecule has 2 aromatic rings. The average molecular weight is 535 g/mol. The van der Waals surface area contributed by atoms with Crippen molar-refractivity contribution < 1.29 is 37.6 Å². The van der Waals surface area contributed by atoms with Crippen molar-refractivity contribution in [2.24, 2.45) is 11.8 Å². The van der Waals surface area contributed by atoms with E-state index in [0.29, 0.717) is 12.2 Å². The molecule has 0 radical (unpaired) electrons. The molecule has 0 aliphatic carbocycles. The third-order valence-electron chi connectivity index (χ3n) is 6.01. The van der Waals surface area contributed by atoms with Crippen LogP contribution in [0, 0.1) is 11.8 Å². The van der Waals surface area contributed by atoms with Crippen LogP contribution in [0.4, 0.5) is 5.69 Å². The lowest BCUT2D eigenvalue weighted by Gasteiger charge is -2.31. The molecule has 0 spiro atoms. The summed E-state index contributed by atoms with van der Waals surface area (Å²) in [7, 11) is -2.39. The minimum Gasteiger partial charge on any atom is -0.506 e. The van der Waals surface area contributed by atoms with Crippen LogP contribution in [0.15, 0.2) is 65.3 Å². The van der Waals surface area contributed by atoms with Crippen molar-refractivity contribution in [3.63, 3.8) is 0 Å². The fraction of sp³-hybridized carbons (Fsp3) is 0.423. The number of ether oxygens (including phenoxy) is 3. The van der Waals surface area contributed by atoms with Gasteiger partial charge in [-0.1, -0.05) is 26.0 Å².